The lowest BCUT2D eigenvalue weighted by Gasteiger charge is -2.18. The van der Waals surface area contributed by atoms with Crippen molar-refractivity contribution in [3.8, 4) is 16.9 Å². The highest BCUT2D eigenvalue weighted by Gasteiger charge is 2.16. The molecule has 0 bridgehead atoms. The Kier molecular flexibility index (Phi) is 10.5. The van der Waals surface area contributed by atoms with Gasteiger partial charge in [-0.3, -0.25) is 9.56 Å². The van der Waals surface area contributed by atoms with Crippen LogP contribution in [0.5, 0.6) is 0 Å². The highest BCUT2D eigenvalue weighted by atomic mass is 35.5. The first-order chi connectivity index (χ1) is 20.2. The summed E-state index contributed by atoms with van der Waals surface area (Å²) in [6, 6.07) is 13.1. The number of benzene rings is 2. The molecule has 2 atom stereocenters. The van der Waals surface area contributed by atoms with E-state index < -0.39 is 11.5 Å². The van der Waals surface area contributed by atoms with Gasteiger partial charge in [0.1, 0.15) is 5.65 Å². The number of aryl methyl sites for hydroxylation is 1. The van der Waals surface area contributed by atoms with E-state index in [2.05, 4.69) is 26.9 Å². The average Bonchev–Trinajstić information content (AvgIpc) is 3.36. The first-order valence-electron chi connectivity index (χ1n) is 14.0. The van der Waals surface area contributed by atoms with E-state index in [4.69, 9.17) is 28.8 Å². The monoisotopic (exact) mass is 592 g/mol. The van der Waals surface area contributed by atoms with Crippen molar-refractivity contribution in [3.63, 3.8) is 0 Å². The second-order valence-corrected chi connectivity index (χ2v) is 10.9. The second-order valence-electron chi connectivity index (χ2n) is 10.5. The molecule has 8 N–H and O–H groups in total. The Morgan fingerprint density at radius 3 is 2.69 bits per heavy atom. The van der Waals surface area contributed by atoms with Crippen LogP contribution in [0.25, 0.3) is 28.0 Å². The van der Waals surface area contributed by atoms with E-state index in [1.807, 2.05) is 37.3 Å². The number of nitrogens with one attached hydrogen (secondary N) is 2. The largest absolute Gasteiger partial charge is 0.370 e. The molecular formula is C31H38ClFN8O. The zero-order valence-corrected chi connectivity index (χ0v) is 24.5. The number of aliphatic imine (C=N–C) groups is 1. The third-order valence-corrected chi connectivity index (χ3v) is 7.28. The molecule has 0 aliphatic rings. The van der Waals surface area contributed by atoms with Crippen LogP contribution in [-0.2, 0) is 6.42 Å². The van der Waals surface area contributed by atoms with Crippen LogP contribution in [0.2, 0.25) is 5.02 Å². The van der Waals surface area contributed by atoms with Crippen molar-refractivity contribution >= 4 is 28.6 Å². The van der Waals surface area contributed by atoms with Gasteiger partial charge in [0, 0.05) is 35.8 Å². The summed E-state index contributed by atoms with van der Waals surface area (Å²) in [6.07, 6.45) is 7.55. The average molecular weight is 593 g/mol. The van der Waals surface area contributed by atoms with Gasteiger partial charge in [-0.15, -0.1) is 6.58 Å². The summed E-state index contributed by atoms with van der Waals surface area (Å²) >= 11 is 6.24. The van der Waals surface area contributed by atoms with Gasteiger partial charge in [-0.1, -0.05) is 29.8 Å². The molecule has 9 nitrogen and oxygen atoms in total. The number of rotatable bonds is 14. The summed E-state index contributed by atoms with van der Waals surface area (Å²) in [5.41, 5.74) is 20.0. The number of nitrogens with two attached hydrogens (primary N) is 3. The molecule has 42 heavy (non-hydrogen) atoms. The van der Waals surface area contributed by atoms with E-state index in [0.29, 0.717) is 34.5 Å². The van der Waals surface area contributed by atoms with Crippen LogP contribution in [0.3, 0.4) is 0 Å². The third kappa shape index (κ3) is 7.84. The highest BCUT2D eigenvalue weighted by Crippen LogP contribution is 2.31. The van der Waals surface area contributed by atoms with E-state index in [1.165, 1.54) is 4.57 Å². The van der Waals surface area contributed by atoms with Gasteiger partial charge in [-0.05, 0) is 87.0 Å². The molecule has 2 heterocycles. The zero-order chi connectivity index (χ0) is 30.2. The number of H-pyrrole nitrogens is 1. The number of nitrogens with zero attached hydrogens (tertiary/aromatic N) is 3. The molecule has 2 aromatic heterocycles. The van der Waals surface area contributed by atoms with Crippen molar-refractivity contribution in [1.82, 2.24) is 19.9 Å². The minimum absolute atomic E-state index is 0.0487. The quantitative estimate of drug-likeness (QED) is 0.0618. The second kappa shape index (κ2) is 14.3. The van der Waals surface area contributed by atoms with E-state index in [0.717, 1.165) is 49.8 Å². The molecule has 0 aliphatic carbocycles. The maximum Gasteiger partial charge on any atom is 0.354 e. The smallest absolute Gasteiger partial charge is 0.354 e. The maximum absolute atomic E-state index is 15.1. The maximum atomic E-state index is 15.1. The summed E-state index contributed by atoms with van der Waals surface area (Å²) in [5.74, 6) is -0.439. The molecule has 0 unspecified atom stereocenters. The molecule has 0 saturated heterocycles. The molecular weight excluding hydrogens is 555 g/mol. The van der Waals surface area contributed by atoms with Gasteiger partial charge in [0.25, 0.3) is 0 Å². The standard InChI is InChI=1S/C31H38ClFN8O/c1-3-6-26(37-13-5-14-38-30(35)36)21-9-11-23(12-10-21)41-18-22-17-27(39-29(22)40-31(41)42)24-15-20(8-4-7-19(2)34)16-25(32)28(24)33/h3,9-12,15-19,26,37H,1,4-8,13-14,34H2,2H3,(H4,35,36,38)(H,39,40,42)/t19-,26+/m0/s1. The van der Waals surface area contributed by atoms with E-state index >= 15 is 4.39 Å². The Hall–Kier alpha value is -3.99. The van der Waals surface area contributed by atoms with Crippen molar-refractivity contribution in [2.75, 3.05) is 13.1 Å². The van der Waals surface area contributed by atoms with Crippen LogP contribution in [0.1, 0.15) is 49.8 Å². The normalized spacial score (nSPS) is 12.8. The van der Waals surface area contributed by atoms with E-state index in [9.17, 15) is 4.79 Å². The predicted octanol–water partition coefficient (Wildman–Crippen LogP) is 4.71. The lowest BCUT2D eigenvalue weighted by atomic mass is 10.0. The molecule has 0 saturated carbocycles. The van der Waals surface area contributed by atoms with E-state index in [-0.39, 0.29) is 23.1 Å². The summed E-state index contributed by atoms with van der Waals surface area (Å²) < 4.78 is 16.6. The number of hydrogen-bond acceptors (Lipinski definition) is 5. The summed E-state index contributed by atoms with van der Waals surface area (Å²) in [5, 5.41) is 4.21. The molecule has 4 aromatic rings. The van der Waals surface area contributed by atoms with Crippen molar-refractivity contribution in [3.05, 3.63) is 93.8 Å². The Morgan fingerprint density at radius 1 is 1.24 bits per heavy atom. The fourth-order valence-electron chi connectivity index (χ4n) is 4.87. The lowest BCUT2D eigenvalue weighted by molar-refractivity contribution is 0.530. The molecule has 2 aromatic carbocycles. The molecule has 0 amide bonds. The minimum atomic E-state index is -0.524. The Bertz CT molecular complexity index is 1610. The Labute approximate surface area is 249 Å². The number of fused-ring (bicyclic) bond motifs is 1. The third-order valence-electron chi connectivity index (χ3n) is 7.01. The number of aromatic amines is 1. The van der Waals surface area contributed by atoms with Gasteiger partial charge in [-0.25, -0.2) is 9.18 Å². The van der Waals surface area contributed by atoms with Crippen LogP contribution in [0.4, 0.5) is 4.39 Å². The molecule has 0 fully saturated rings. The summed E-state index contributed by atoms with van der Waals surface area (Å²) in [4.78, 5) is 24.3. The van der Waals surface area contributed by atoms with Crippen LogP contribution >= 0.6 is 11.6 Å². The molecule has 222 valence electrons. The zero-order valence-electron chi connectivity index (χ0n) is 23.7. The minimum Gasteiger partial charge on any atom is -0.370 e. The Balaban J connectivity index is 1.56. The van der Waals surface area contributed by atoms with Gasteiger partial charge < -0.3 is 27.5 Å². The molecule has 0 aliphatic heterocycles. The summed E-state index contributed by atoms with van der Waals surface area (Å²) in [6.45, 7) is 7.11. The van der Waals surface area contributed by atoms with Crippen molar-refractivity contribution < 1.29 is 4.39 Å². The molecule has 0 radical (unpaired) electrons. The van der Waals surface area contributed by atoms with Crippen LogP contribution in [0.15, 0.2) is 71.1 Å². The highest BCUT2D eigenvalue weighted by molar-refractivity contribution is 6.31. The summed E-state index contributed by atoms with van der Waals surface area (Å²) in [7, 11) is 0. The number of guanidine groups is 1. The first kappa shape index (κ1) is 31.0. The number of aromatic nitrogens is 3. The topological polar surface area (TPSA) is 153 Å². The fraction of sp³-hybridized carbons (Fsp3) is 0.323. The Morgan fingerprint density at radius 2 is 2.00 bits per heavy atom. The van der Waals surface area contributed by atoms with E-state index in [1.54, 1.807) is 24.4 Å². The van der Waals surface area contributed by atoms with Crippen LogP contribution < -0.4 is 28.2 Å². The van der Waals surface area contributed by atoms with Gasteiger partial charge >= 0.3 is 5.69 Å². The van der Waals surface area contributed by atoms with Crippen LogP contribution in [0, 0.1) is 5.82 Å². The molecule has 11 heteroatoms. The molecule has 4 rings (SSSR count). The lowest BCUT2D eigenvalue weighted by Crippen LogP contribution is -2.25. The van der Waals surface area contributed by atoms with Crippen LogP contribution in [-0.4, -0.2) is 39.6 Å². The van der Waals surface area contributed by atoms with Crippen molar-refractivity contribution in [2.24, 2.45) is 22.2 Å². The predicted molar refractivity (Wildman–Crippen MR) is 170 cm³/mol. The van der Waals surface area contributed by atoms with Gasteiger partial charge in [0.05, 0.1) is 16.4 Å². The first-order valence-corrected chi connectivity index (χ1v) is 14.4. The molecule has 0 spiro atoms. The van der Waals surface area contributed by atoms with Gasteiger partial charge in [0.2, 0.25) is 0 Å². The van der Waals surface area contributed by atoms with Gasteiger partial charge in [-0.2, -0.15) is 4.98 Å². The number of hydrogen-bond donors (Lipinski definition) is 5. The number of halogens is 2. The van der Waals surface area contributed by atoms with Crippen molar-refractivity contribution in [1.29, 1.82) is 0 Å². The SMILES string of the molecule is C=CC[C@@H](NCCCN=C(N)N)c1ccc(-n2cc3cc(-c4cc(CCC[C@H](C)N)cc(Cl)c4F)[nH]c3nc2=O)cc1. The van der Waals surface area contributed by atoms with Gasteiger partial charge in [0.15, 0.2) is 11.8 Å². The fourth-order valence-corrected chi connectivity index (χ4v) is 5.11. The van der Waals surface area contributed by atoms with Crippen molar-refractivity contribution in [2.45, 2.75) is 51.1 Å².